The first-order valence-corrected chi connectivity index (χ1v) is 7.26. The fourth-order valence-corrected chi connectivity index (χ4v) is 3.06. The van der Waals surface area contributed by atoms with E-state index in [1.165, 1.54) is 6.42 Å². The summed E-state index contributed by atoms with van der Waals surface area (Å²) in [6.07, 6.45) is 2.34. The number of rotatable bonds is 5. The molecule has 1 unspecified atom stereocenters. The molecule has 0 aromatic carbocycles. The third-order valence-corrected chi connectivity index (χ3v) is 4.18. The Bertz CT molecular complexity index is 450. The number of aromatic nitrogens is 3. The number of hydrogen-bond acceptors (Lipinski definition) is 6. The maximum absolute atomic E-state index is 10.6. The lowest BCUT2D eigenvalue weighted by Crippen LogP contribution is -2.34. The van der Waals surface area contributed by atoms with Gasteiger partial charge >= 0.3 is 5.97 Å². The summed E-state index contributed by atoms with van der Waals surface area (Å²) in [4.78, 5) is 12.9. The van der Waals surface area contributed by atoms with Crippen molar-refractivity contribution in [2.24, 2.45) is 5.92 Å². The summed E-state index contributed by atoms with van der Waals surface area (Å²) < 4.78 is 1.83. The maximum atomic E-state index is 10.6. The number of nitrogen functional groups attached to an aromatic ring is 1. The number of nitrogens with two attached hydrogens (primary N) is 1. The normalized spacial score (nSPS) is 20.6. The first-order chi connectivity index (χ1) is 9.06. The molecule has 0 bridgehead atoms. The van der Waals surface area contributed by atoms with Crippen molar-refractivity contribution in [3.63, 3.8) is 0 Å². The number of nitrogens with zero attached hydrogens (tertiary/aromatic N) is 4. The molecule has 7 nitrogen and oxygen atoms in total. The van der Waals surface area contributed by atoms with Gasteiger partial charge in [0.1, 0.15) is 0 Å². The van der Waals surface area contributed by atoms with E-state index < -0.39 is 5.97 Å². The van der Waals surface area contributed by atoms with Crippen LogP contribution in [0.4, 0.5) is 5.95 Å². The molecule has 1 aromatic rings. The number of thioether (sulfide) groups is 1. The molecule has 1 atom stereocenters. The highest BCUT2D eigenvalue weighted by molar-refractivity contribution is 7.99. The number of carboxylic acid groups (broad SMARTS) is 1. The summed E-state index contributed by atoms with van der Waals surface area (Å²) in [5.41, 5.74) is 5.81. The summed E-state index contributed by atoms with van der Waals surface area (Å²) in [6, 6.07) is 0. The predicted molar refractivity (Wildman–Crippen MR) is 73.0 cm³/mol. The molecule has 8 heteroatoms. The lowest BCUT2D eigenvalue weighted by atomic mass is 9.98. The standard InChI is InChI=1S/C11H19N5O2S/c1-15-4-2-3-8(5-15)6-16-10(12)13-14-11(16)19-7-9(17)18/h8H,2-7H2,1H3,(H2,12,13)(H,17,18). The van der Waals surface area contributed by atoms with Gasteiger partial charge in [0.05, 0.1) is 5.75 Å². The molecule has 2 heterocycles. The summed E-state index contributed by atoms with van der Waals surface area (Å²) in [7, 11) is 2.11. The van der Waals surface area contributed by atoms with Gasteiger partial charge in [0, 0.05) is 13.1 Å². The molecular weight excluding hydrogens is 266 g/mol. The second kappa shape index (κ2) is 6.25. The zero-order valence-electron chi connectivity index (χ0n) is 10.9. The van der Waals surface area contributed by atoms with Crippen molar-refractivity contribution in [1.82, 2.24) is 19.7 Å². The van der Waals surface area contributed by atoms with Gasteiger partial charge < -0.3 is 15.7 Å². The highest BCUT2D eigenvalue weighted by Gasteiger charge is 2.21. The lowest BCUT2D eigenvalue weighted by Gasteiger charge is -2.30. The van der Waals surface area contributed by atoms with Crippen LogP contribution in [0.2, 0.25) is 0 Å². The van der Waals surface area contributed by atoms with Crippen molar-refractivity contribution in [2.75, 3.05) is 31.6 Å². The predicted octanol–water partition coefficient (Wildman–Crippen LogP) is 0.379. The van der Waals surface area contributed by atoms with Crippen LogP contribution in [0.1, 0.15) is 12.8 Å². The summed E-state index contributed by atoms with van der Waals surface area (Å²) >= 11 is 1.16. The Morgan fingerprint density at radius 1 is 1.58 bits per heavy atom. The molecule has 0 radical (unpaired) electrons. The van der Waals surface area contributed by atoms with Crippen LogP contribution in [-0.2, 0) is 11.3 Å². The summed E-state index contributed by atoms with van der Waals surface area (Å²) in [5.74, 6) is -0.0132. The maximum Gasteiger partial charge on any atom is 0.313 e. The third-order valence-electron chi connectivity index (χ3n) is 3.23. The summed E-state index contributed by atoms with van der Waals surface area (Å²) in [6.45, 7) is 2.92. The van der Waals surface area contributed by atoms with Crippen molar-refractivity contribution in [3.05, 3.63) is 0 Å². The van der Waals surface area contributed by atoms with Crippen LogP contribution in [0.3, 0.4) is 0 Å². The van der Waals surface area contributed by atoms with Gasteiger partial charge in [0.2, 0.25) is 5.95 Å². The molecule has 1 fully saturated rings. The smallest absolute Gasteiger partial charge is 0.313 e. The van der Waals surface area contributed by atoms with E-state index in [1.54, 1.807) is 0 Å². The molecular formula is C11H19N5O2S. The Hall–Kier alpha value is -1.28. The number of hydrogen-bond donors (Lipinski definition) is 2. The largest absolute Gasteiger partial charge is 0.481 e. The molecule has 106 valence electrons. The van der Waals surface area contributed by atoms with E-state index >= 15 is 0 Å². The van der Waals surface area contributed by atoms with Gasteiger partial charge in [-0.3, -0.25) is 9.36 Å². The first kappa shape index (κ1) is 14.1. The van der Waals surface area contributed by atoms with E-state index in [0.717, 1.165) is 37.8 Å². The van der Waals surface area contributed by atoms with Crippen LogP contribution in [0, 0.1) is 5.92 Å². The molecule has 1 aromatic heterocycles. The molecule has 1 aliphatic rings. The zero-order valence-corrected chi connectivity index (χ0v) is 11.8. The van der Waals surface area contributed by atoms with Gasteiger partial charge in [-0.2, -0.15) is 0 Å². The Kier molecular flexibility index (Phi) is 4.65. The average molecular weight is 285 g/mol. The molecule has 0 spiro atoms. The molecule has 2 rings (SSSR count). The Labute approximate surface area is 116 Å². The average Bonchev–Trinajstić information content (AvgIpc) is 2.68. The Morgan fingerprint density at radius 3 is 3.05 bits per heavy atom. The number of carbonyl (C=O) groups is 1. The van der Waals surface area contributed by atoms with Crippen molar-refractivity contribution in [2.45, 2.75) is 24.5 Å². The van der Waals surface area contributed by atoms with E-state index in [-0.39, 0.29) is 5.75 Å². The van der Waals surface area contributed by atoms with Crippen LogP contribution in [-0.4, -0.2) is 56.6 Å². The van der Waals surface area contributed by atoms with E-state index in [1.807, 2.05) is 4.57 Å². The van der Waals surface area contributed by atoms with Crippen molar-refractivity contribution < 1.29 is 9.90 Å². The quantitative estimate of drug-likeness (QED) is 0.755. The van der Waals surface area contributed by atoms with Gasteiger partial charge in [0.25, 0.3) is 0 Å². The van der Waals surface area contributed by atoms with Crippen molar-refractivity contribution >= 4 is 23.7 Å². The van der Waals surface area contributed by atoms with E-state index in [0.29, 0.717) is 17.0 Å². The van der Waals surface area contributed by atoms with Crippen LogP contribution in [0.15, 0.2) is 5.16 Å². The lowest BCUT2D eigenvalue weighted by molar-refractivity contribution is -0.133. The number of anilines is 1. The Morgan fingerprint density at radius 2 is 2.37 bits per heavy atom. The number of aliphatic carboxylic acids is 1. The first-order valence-electron chi connectivity index (χ1n) is 6.28. The molecule has 19 heavy (non-hydrogen) atoms. The molecule has 0 saturated carbocycles. The number of piperidine rings is 1. The van der Waals surface area contributed by atoms with Crippen molar-refractivity contribution in [1.29, 1.82) is 0 Å². The fourth-order valence-electron chi connectivity index (χ4n) is 2.39. The van der Waals surface area contributed by atoms with Gasteiger partial charge in [-0.05, 0) is 32.4 Å². The van der Waals surface area contributed by atoms with E-state index in [4.69, 9.17) is 10.8 Å². The van der Waals surface area contributed by atoms with Gasteiger partial charge in [-0.1, -0.05) is 11.8 Å². The highest BCUT2D eigenvalue weighted by atomic mass is 32.2. The molecule has 1 aliphatic heterocycles. The van der Waals surface area contributed by atoms with Crippen molar-refractivity contribution in [3.8, 4) is 0 Å². The second-order valence-corrected chi connectivity index (χ2v) is 5.85. The topological polar surface area (TPSA) is 97.3 Å². The monoisotopic (exact) mass is 285 g/mol. The van der Waals surface area contributed by atoms with Crippen LogP contribution in [0.25, 0.3) is 0 Å². The Balaban J connectivity index is 2.02. The number of likely N-dealkylation sites (tertiary alicyclic amines) is 1. The zero-order chi connectivity index (χ0) is 13.8. The minimum Gasteiger partial charge on any atom is -0.481 e. The van der Waals surface area contributed by atoms with E-state index in [9.17, 15) is 4.79 Å². The number of carboxylic acids is 1. The SMILES string of the molecule is CN1CCCC(Cn2c(N)nnc2SCC(=O)O)C1. The van der Waals surface area contributed by atoms with Crippen LogP contribution in [0.5, 0.6) is 0 Å². The van der Waals surface area contributed by atoms with Gasteiger partial charge in [-0.15, -0.1) is 10.2 Å². The molecule has 1 saturated heterocycles. The second-order valence-electron chi connectivity index (χ2n) is 4.90. The third kappa shape index (κ3) is 3.84. The minimum atomic E-state index is -0.865. The van der Waals surface area contributed by atoms with Gasteiger partial charge in [-0.25, -0.2) is 0 Å². The minimum absolute atomic E-state index is 0.0251. The molecule has 0 amide bonds. The molecule has 3 N–H and O–H groups in total. The van der Waals surface area contributed by atoms with Gasteiger partial charge in [0.15, 0.2) is 5.16 Å². The fraction of sp³-hybridized carbons (Fsp3) is 0.727. The van der Waals surface area contributed by atoms with E-state index in [2.05, 4.69) is 22.1 Å². The molecule has 0 aliphatic carbocycles. The van der Waals surface area contributed by atoms with Crippen LogP contribution >= 0.6 is 11.8 Å². The van der Waals surface area contributed by atoms with Crippen LogP contribution < -0.4 is 5.73 Å². The summed E-state index contributed by atoms with van der Waals surface area (Å²) in [5, 5.41) is 17.1. The highest BCUT2D eigenvalue weighted by Crippen LogP contribution is 2.23.